The number of aliphatic carboxylic acids is 1. The Morgan fingerprint density at radius 1 is 0.842 bits per heavy atom. The number of likely N-dealkylation sites (tertiary alicyclic amines) is 1. The number of nitrogens with zero attached hydrogens (tertiary/aromatic N) is 2. The van der Waals surface area contributed by atoms with Crippen LogP contribution in [-0.4, -0.2) is 81.5 Å². The molecule has 7 aliphatic rings. The van der Waals surface area contributed by atoms with Crippen LogP contribution in [0.4, 0.5) is 4.79 Å². The van der Waals surface area contributed by atoms with Gasteiger partial charge in [0, 0.05) is 42.9 Å². The highest BCUT2D eigenvalue weighted by Crippen LogP contribution is 2.76. The molecule has 318 valence electrons. The van der Waals surface area contributed by atoms with Crippen LogP contribution in [-0.2, 0) is 28.7 Å². The van der Waals surface area contributed by atoms with Crippen LogP contribution in [0.3, 0.4) is 0 Å². The van der Waals surface area contributed by atoms with E-state index in [-0.39, 0.29) is 82.3 Å². The Morgan fingerprint density at radius 3 is 2.05 bits per heavy atom. The van der Waals surface area contributed by atoms with Crippen molar-refractivity contribution in [3.63, 3.8) is 0 Å². The SMILES string of the molecule is CC(C)C1C(=O)C[C@]2(C(=O)N3C4CCC3CN(C(=O)OC(C)(C)C)C4)CC[C@]3(C)C(=C12)CC[C@@H]1[C@@]2(C)CC[C@H](OC(=O)CC(C)(C)C(=O)O)C(C)(C)[C@@H]2CC[C@]13C. The van der Waals surface area contributed by atoms with E-state index in [1.54, 1.807) is 18.7 Å². The number of amides is 2. The maximum Gasteiger partial charge on any atom is 0.410 e. The summed E-state index contributed by atoms with van der Waals surface area (Å²) in [6, 6.07) is -0.147. The van der Waals surface area contributed by atoms with Gasteiger partial charge in [0.05, 0.1) is 17.3 Å². The highest BCUT2D eigenvalue weighted by molar-refractivity contribution is 6.01. The van der Waals surface area contributed by atoms with E-state index < -0.39 is 28.4 Å². The molecule has 2 aliphatic heterocycles. The second-order valence-electron chi connectivity index (χ2n) is 23.0. The molecule has 6 fully saturated rings. The lowest BCUT2D eigenvalue weighted by atomic mass is 9.34. The molecule has 0 aromatic carbocycles. The van der Waals surface area contributed by atoms with Crippen molar-refractivity contribution in [3.8, 4) is 0 Å². The maximum absolute atomic E-state index is 15.4. The van der Waals surface area contributed by atoms with Crippen LogP contribution in [0.15, 0.2) is 11.1 Å². The average molecular weight is 793 g/mol. The summed E-state index contributed by atoms with van der Waals surface area (Å²) in [5, 5.41) is 9.65. The van der Waals surface area contributed by atoms with Crippen LogP contribution in [0.1, 0.15) is 160 Å². The zero-order valence-corrected chi connectivity index (χ0v) is 37.1. The fraction of sp³-hybridized carbons (Fsp3) is 0.851. The Bertz CT molecular complexity index is 1740. The van der Waals surface area contributed by atoms with Crippen LogP contribution in [0.5, 0.6) is 0 Å². The number of carboxylic acid groups (broad SMARTS) is 1. The van der Waals surface area contributed by atoms with Gasteiger partial charge in [-0.2, -0.15) is 0 Å². The summed E-state index contributed by atoms with van der Waals surface area (Å²) in [7, 11) is 0. The first-order chi connectivity index (χ1) is 26.2. The molecular weight excluding hydrogens is 721 g/mol. The second kappa shape index (κ2) is 13.6. The molecule has 7 rings (SSSR count). The fourth-order valence-electron chi connectivity index (χ4n) is 14.5. The molecule has 5 aliphatic carbocycles. The van der Waals surface area contributed by atoms with Gasteiger partial charge in [-0.25, -0.2) is 4.79 Å². The lowest BCUT2D eigenvalue weighted by Crippen LogP contribution is -2.65. The maximum atomic E-state index is 15.4. The fourth-order valence-corrected chi connectivity index (χ4v) is 14.5. The van der Waals surface area contributed by atoms with Crippen LogP contribution in [0.25, 0.3) is 0 Å². The molecule has 4 saturated carbocycles. The first kappa shape index (κ1) is 42.2. The Kier molecular flexibility index (Phi) is 10.0. The van der Waals surface area contributed by atoms with E-state index in [1.165, 1.54) is 11.1 Å². The number of fused-ring (bicyclic) bond motifs is 8. The summed E-state index contributed by atoms with van der Waals surface area (Å²) in [5.74, 6) is -0.501. The zero-order chi connectivity index (χ0) is 42.1. The topological polar surface area (TPSA) is 131 Å². The van der Waals surface area contributed by atoms with Crippen molar-refractivity contribution in [3.05, 3.63) is 11.1 Å². The van der Waals surface area contributed by atoms with Crippen LogP contribution >= 0.6 is 0 Å². The van der Waals surface area contributed by atoms with E-state index in [0.29, 0.717) is 31.3 Å². The first-order valence-corrected chi connectivity index (χ1v) is 22.2. The summed E-state index contributed by atoms with van der Waals surface area (Å²) in [6.45, 7) is 26.0. The molecule has 0 aromatic heterocycles. The van der Waals surface area contributed by atoms with Crippen molar-refractivity contribution in [1.29, 1.82) is 0 Å². The number of ketones is 1. The number of esters is 1. The van der Waals surface area contributed by atoms with Crippen molar-refractivity contribution in [2.75, 3.05) is 13.1 Å². The highest BCUT2D eigenvalue weighted by Gasteiger charge is 2.70. The Hall–Kier alpha value is -2.91. The number of hydrogen-bond donors (Lipinski definition) is 1. The Balaban J connectivity index is 1.19. The van der Waals surface area contributed by atoms with Crippen molar-refractivity contribution in [1.82, 2.24) is 9.80 Å². The van der Waals surface area contributed by atoms with Crippen molar-refractivity contribution in [2.24, 2.45) is 56.2 Å². The summed E-state index contributed by atoms with van der Waals surface area (Å²) >= 11 is 0. The van der Waals surface area contributed by atoms with Gasteiger partial charge in [-0.3, -0.25) is 19.2 Å². The third-order valence-electron chi connectivity index (χ3n) is 17.5. The molecule has 2 saturated heterocycles. The number of ether oxygens (including phenoxy) is 2. The molecule has 3 unspecified atom stereocenters. The lowest BCUT2D eigenvalue weighted by molar-refractivity contribution is -0.214. The van der Waals surface area contributed by atoms with Gasteiger partial charge in [-0.15, -0.1) is 0 Å². The van der Waals surface area contributed by atoms with E-state index in [9.17, 15) is 24.3 Å². The molecule has 10 nitrogen and oxygen atoms in total. The standard InChI is InChI=1S/C47H72N2O8/c1-27(2)36-31(50)23-47(38(52)49-28-13-14-29(49)26-48(25-28)40(55)57-41(3,4)5)22-21-45(11)30(37(36)47)15-16-33-44(10)19-18-34(56-35(51)24-42(6,7)39(53)54)43(8,9)32(44)17-20-46(33,45)12/h27-29,32-34,36H,13-26H2,1-12H3,(H,53,54)/t28?,29?,32-,33+,34-,36?,44-,45+,46+,47+/m0/s1. The first-order valence-electron chi connectivity index (χ1n) is 22.2. The van der Waals surface area contributed by atoms with Gasteiger partial charge in [0.1, 0.15) is 17.5 Å². The Labute approximate surface area is 341 Å². The molecule has 2 bridgehead atoms. The largest absolute Gasteiger partial charge is 0.481 e. The van der Waals surface area contributed by atoms with E-state index in [0.717, 1.165) is 57.8 Å². The number of piperazine rings is 1. The predicted octanol–water partition coefficient (Wildman–Crippen LogP) is 8.99. The number of carboxylic acids is 1. The van der Waals surface area contributed by atoms with Crippen LogP contribution in [0.2, 0.25) is 0 Å². The Morgan fingerprint density at radius 2 is 1.47 bits per heavy atom. The third-order valence-corrected chi connectivity index (χ3v) is 17.5. The number of carbonyl (C=O) groups excluding carboxylic acids is 4. The van der Waals surface area contributed by atoms with Crippen molar-refractivity contribution < 1.29 is 38.6 Å². The van der Waals surface area contributed by atoms with Crippen LogP contribution in [0, 0.1) is 56.2 Å². The molecule has 10 atom stereocenters. The highest BCUT2D eigenvalue weighted by atomic mass is 16.6. The summed E-state index contributed by atoms with van der Waals surface area (Å²) in [6.07, 6.45) is 8.44. The number of allylic oxidation sites excluding steroid dienone is 1. The van der Waals surface area contributed by atoms with Gasteiger partial charge in [0.15, 0.2) is 0 Å². The van der Waals surface area contributed by atoms with Gasteiger partial charge in [0.2, 0.25) is 5.91 Å². The minimum atomic E-state index is -1.18. The minimum absolute atomic E-state index is 0.0132. The second-order valence-corrected chi connectivity index (χ2v) is 23.0. The van der Waals surface area contributed by atoms with Gasteiger partial charge in [-0.05, 0) is 138 Å². The molecule has 10 heteroatoms. The van der Waals surface area contributed by atoms with Gasteiger partial charge < -0.3 is 24.4 Å². The number of rotatable bonds is 6. The smallest absolute Gasteiger partial charge is 0.410 e. The molecule has 2 heterocycles. The van der Waals surface area contributed by atoms with Gasteiger partial charge in [-0.1, -0.05) is 54.0 Å². The van der Waals surface area contributed by atoms with Crippen molar-refractivity contribution in [2.45, 2.75) is 184 Å². The van der Waals surface area contributed by atoms with Crippen LogP contribution < -0.4 is 0 Å². The average Bonchev–Trinajstić information content (AvgIpc) is 3.54. The number of Topliss-reactive ketones (excluding diaryl/α,β-unsaturated/α-hetero) is 1. The third kappa shape index (κ3) is 6.32. The van der Waals surface area contributed by atoms with E-state index >= 15 is 4.79 Å². The zero-order valence-electron chi connectivity index (χ0n) is 37.1. The molecule has 0 radical (unpaired) electrons. The summed E-state index contributed by atoms with van der Waals surface area (Å²) in [4.78, 5) is 71.8. The number of carbonyl (C=O) groups is 5. The summed E-state index contributed by atoms with van der Waals surface area (Å²) in [5.41, 5.74) is -0.491. The van der Waals surface area contributed by atoms with E-state index in [1.807, 2.05) is 20.8 Å². The molecule has 57 heavy (non-hydrogen) atoms. The van der Waals surface area contributed by atoms with Gasteiger partial charge in [0.25, 0.3) is 0 Å². The van der Waals surface area contributed by atoms with E-state index in [2.05, 4.69) is 53.4 Å². The lowest BCUT2D eigenvalue weighted by Gasteiger charge is -2.70. The van der Waals surface area contributed by atoms with E-state index in [4.69, 9.17) is 9.47 Å². The molecule has 0 spiro atoms. The molecule has 0 aromatic rings. The molecular formula is C47H72N2O8. The molecule has 2 amide bonds. The summed E-state index contributed by atoms with van der Waals surface area (Å²) < 4.78 is 11.9. The van der Waals surface area contributed by atoms with Gasteiger partial charge >= 0.3 is 18.0 Å². The minimum Gasteiger partial charge on any atom is -0.481 e. The molecule has 1 N–H and O–H groups in total. The predicted molar refractivity (Wildman–Crippen MR) is 217 cm³/mol. The number of hydrogen-bond acceptors (Lipinski definition) is 7. The van der Waals surface area contributed by atoms with Crippen molar-refractivity contribution >= 4 is 29.7 Å². The monoisotopic (exact) mass is 793 g/mol. The quantitative estimate of drug-likeness (QED) is 0.208. The normalized spacial score (nSPS) is 39.9.